The largest absolute Gasteiger partial charge is 0.315 e. The molecule has 1 aromatic carbocycles. The van der Waals surface area contributed by atoms with Crippen LogP contribution in [0.3, 0.4) is 0 Å². The van der Waals surface area contributed by atoms with E-state index >= 15 is 0 Å². The highest BCUT2D eigenvalue weighted by Crippen LogP contribution is 2.26. The number of aryl methyl sites for hydroxylation is 2. The predicted octanol–water partition coefficient (Wildman–Crippen LogP) is 1.42. The Balaban J connectivity index is 2.44. The molecule has 1 heterocycles. The Labute approximate surface area is 113 Å². The number of rotatable bonds is 3. The second-order valence-electron chi connectivity index (χ2n) is 5.04. The van der Waals surface area contributed by atoms with E-state index in [1.807, 2.05) is 0 Å². The van der Waals surface area contributed by atoms with Gasteiger partial charge in [-0.2, -0.15) is 4.31 Å². The molecule has 1 fully saturated rings. The number of halogens is 1. The van der Waals surface area contributed by atoms with Crippen LogP contribution in [0, 0.1) is 19.7 Å². The van der Waals surface area contributed by atoms with E-state index in [1.54, 1.807) is 20.9 Å². The minimum absolute atomic E-state index is 0.0335. The normalized spacial score (nSPS) is 20.2. The van der Waals surface area contributed by atoms with Crippen LogP contribution in [0.2, 0.25) is 0 Å². The molecule has 1 aliphatic heterocycles. The van der Waals surface area contributed by atoms with Gasteiger partial charge in [0.05, 0.1) is 4.90 Å². The van der Waals surface area contributed by atoms with Gasteiger partial charge >= 0.3 is 0 Å². The lowest BCUT2D eigenvalue weighted by Crippen LogP contribution is -2.38. The highest BCUT2D eigenvalue weighted by molar-refractivity contribution is 7.89. The summed E-state index contributed by atoms with van der Waals surface area (Å²) in [5.74, 6) is -0.404. The highest BCUT2D eigenvalue weighted by atomic mass is 32.2. The van der Waals surface area contributed by atoms with Gasteiger partial charge in [-0.05, 0) is 50.1 Å². The summed E-state index contributed by atoms with van der Waals surface area (Å²) in [6, 6.07) is 2.50. The van der Waals surface area contributed by atoms with Gasteiger partial charge < -0.3 is 5.32 Å². The first-order valence-electron chi connectivity index (χ1n) is 6.29. The zero-order valence-electron chi connectivity index (χ0n) is 11.4. The average Bonchev–Trinajstić information content (AvgIpc) is 2.78. The number of nitrogens with zero attached hydrogens (tertiary/aromatic N) is 1. The van der Waals surface area contributed by atoms with E-state index in [-0.39, 0.29) is 10.9 Å². The molecule has 0 aromatic heterocycles. The number of likely N-dealkylation sites (N-methyl/N-ethyl adjacent to an activating group) is 1. The Hall–Kier alpha value is -0.980. The van der Waals surface area contributed by atoms with Gasteiger partial charge in [0.25, 0.3) is 0 Å². The number of hydrogen-bond donors (Lipinski definition) is 1. The third kappa shape index (κ3) is 2.66. The summed E-state index contributed by atoms with van der Waals surface area (Å²) in [7, 11) is -1.98. The molecule has 1 unspecified atom stereocenters. The molecule has 0 bridgehead atoms. The van der Waals surface area contributed by atoms with Crippen LogP contribution >= 0.6 is 0 Å². The lowest BCUT2D eigenvalue weighted by Gasteiger charge is -2.25. The van der Waals surface area contributed by atoms with Gasteiger partial charge in [0.1, 0.15) is 5.82 Å². The number of hydrogen-bond acceptors (Lipinski definition) is 3. The summed E-state index contributed by atoms with van der Waals surface area (Å²) in [5.41, 5.74) is 0.908. The molecule has 1 aliphatic rings. The van der Waals surface area contributed by atoms with Crippen molar-refractivity contribution in [1.29, 1.82) is 0 Å². The lowest BCUT2D eigenvalue weighted by atomic mass is 10.1. The molecule has 1 aromatic rings. The number of benzene rings is 1. The lowest BCUT2D eigenvalue weighted by molar-refractivity contribution is 0.387. The van der Waals surface area contributed by atoms with Gasteiger partial charge in [-0.3, -0.25) is 0 Å². The second-order valence-corrected chi connectivity index (χ2v) is 6.97. The third-order valence-corrected chi connectivity index (χ3v) is 5.83. The standard InChI is InChI=1S/C13H19FN2O2S/c1-9-6-11(14)7-10(2)13(9)19(17,18)16(3)12-4-5-15-8-12/h6-7,12,15H,4-5,8H2,1-3H3. The molecule has 19 heavy (non-hydrogen) atoms. The van der Waals surface area contributed by atoms with Crippen LogP contribution in [-0.2, 0) is 10.0 Å². The summed E-state index contributed by atoms with van der Waals surface area (Å²) in [6.07, 6.45) is 0.801. The second kappa shape index (κ2) is 5.19. The molecule has 1 saturated heterocycles. The molecule has 0 radical (unpaired) electrons. The topological polar surface area (TPSA) is 49.4 Å². The van der Waals surface area contributed by atoms with Crippen molar-refractivity contribution in [3.63, 3.8) is 0 Å². The molecular formula is C13H19FN2O2S. The first kappa shape index (κ1) is 14.4. The molecule has 1 N–H and O–H groups in total. The quantitative estimate of drug-likeness (QED) is 0.914. The van der Waals surface area contributed by atoms with E-state index in [0.717, 1.165) is 13.0 Å². The van der Waals surface area contributed by atoms with Crippen LogP contribution < -0.4 is 5.32 Å². The Morgan fingerprint density at radius 1 is 1.32 bits per heavy atom. The smallest absolute Gasteiger partial charge is 0.243 e. The third-order valence-electron chi connectivity index (χ3n) is 3.61. The monoisotopic (exact) mass is 286 g/mol. The fraction of sp³-hybridized carbons (Fsp3) is 0.538. The van der Waals surface area contributed by atoms with Gasteiger partial charge in [-0.15, -0.1) is 0 Å². The highest BCUT2D eigenvalue weighted by Gasteiger charge is 2.32. The van der Waals surface area contributed by atoms with Crippen LogP contribution in [0.15, 0.2) is 17.0 Å². The van der Waals surface area contributed by atoms with Crippen LogP contribution in [0.1, 0.15) is 17.5 Å². The number of sulfonamides is 1. The van der Waals surface area contributed by atoms with Crippen molar-refractivity contribution < 1.29 is 12.8 Å². The van der Waals surface area contributed by atoms with E-state index in [9.17, 15) is 12.8 Å². The minimum atomic E-state index is -3.57. The van der Waals surface area contributed by atoms with Crippen molar-refractivity contribution in [2.45, 2.75) is 31.2 Å². The average molecular weight is 286 g/mol. The van der Waals surface area contributed by atoms with Crippen LogP contribution in [0.4, 0.5) is 4.39 Å². The Morgan fingerprint density at radius 2 is 1.89 bits per heavy atom. The molecule has 2 rings (SSSR count). The predicted molar refractivity (Wildman–Crippen MR) is 72.1 cm³/mol. The fourth-order valence-corrected chi connectivity index (χ4v) is 4.39. The van der Waals surface area contributed by atoms with Gasteiger partial charge in [-0.25, -0.2) is 12.8 Å². The maximum absolute atomic E-state index is 13.3. The summed E-state index contributed by atoms with van der Waals surface area (Å²) in [4.78, 5) is 0.225. The summed E-state index contributed by atoms with van der Waals surface area (Å²) in [5, 5.41) is 3.15. The maximum atomic E-state index is 13.3. The Bertz CT molecular complexity index is 557. The van der Waals surface area contributed by atoms with Crippen molar-refractivity contribution in [3.8, 4) is 0 Å². The van der Waals surface area contributed by atoms with Crippen molar-refractivity contribution in [1.82, 2.24) is 9.62 Å². The molecule has 0 amide bonds. The maximum Gasteiger partial charge on any atom is 0.243 e. The molecule has 4 nitrogen and oxygen atoms in total. The SMILES string of the molecule is Cc1cc(F)cc(C)c1S(=O)(=O)N(C)C1CCNC1. The van der Waals surface area contributed by atoms with E-state index in [0.29, 0.717) is 17.7 Å². The summed E-state index contributed by atoms with van der Waals surface area (Å²) >= 11 is 0. The van der Waals surface area contributed by atoms with Crippen LogP contribution in [-0.4, -0.2) is 38.9 Å². The van der Waals surface area contributed by atoms with Crippen LogP contribution in [0.5, 0.6) is 0 Å². The van der Waals surface area contributed by atoms with Crippen molar-refractivity contribution in [2.24, 2.45) is 0 Å². The molecular weight excluding hydrogens is 267 g/mol. The van der Waals surface area contributed by atoms with E-state index in [2.05, 4.69) is 5.32 Å². The molecule has 0 spiro atoms. The zero-order chi connectivity index (χ0) is 14.2. The van der Waals surface area contributed by atoms with Crippen molar-refractivity contribution in [2.75, 3.05) is 20.1 Å². The van der Waals surface area contributed by atoms with Gasteiger partial charge in [0.2, 0.25) is 10.0 Å². The molecule has 0 saturated carbocycles. The van der Waals surface area contributed by atoms with Gasteiger partial charge in [0, 0.05) is 19.6 Å². The van der Waals surface area contributed by atoms with Crippen LogP contribution in [0.25, 0.3) is 0 Å². The van der Waals surface area contributed by atoms with Crippen molar-refractivity contribution in [3.05, 3.63) is 29.1 Å². The molecule has 0 aliphatic carbocycles. The zero-order valence-corrected chi connectivity index (χ0v) is 12.2. The number of nitrogens with one attached hydrogen (secondary N) is 1. The van der Waals surface area contributed by atoms with E-state index in [4.69, 9.17) is 0 Å². The Kier molecular flexibility index (Phi) is 3.94. The molecule has 1 atom stereocenters. The summed E-state index contributed by atoms with van der Waals surface area (Å²) in [6.45, 7) is 4.74. The van der Waals surface area contributed by atoms with Gasteiger partial charge in [0.15, 0.2) is 0 Å². The molecule has 106 valence electrons. The van der Waals surface area contributed by atoms with E-state index in [1.165, 1.54) is 16.4 Å². The first-order chi connectivity index (χ1) is 8.84. The Morgan fingerprint density at radius 3 is 2.37 bits per heavy atom. The van der Waals surface area contributed by atoms with E-state index < -0.39 is 15.8 Å². The first-order valence-corrected chi connectivity index (χ1v) is 7.73. The molecule has 6 heteroatoms. The fourth-order valence-electron chi connectivity index (χ4n) is 2.59. The van der Waals surface area contributed by atoms with Crippen molar-refractivity contribution >= 4 is 10.0 Å². The summed E-state index contributed by atoms with van der Waals surface area (Å²) < 4.78 is 40.0. The minimum Gasteiger partial charge on any atom is -0.315 e. The van der Waals surface area contributed by atoms with Gasteiger partial charge in [-0.1, -0.05) is 0 Å².